The Labute approximate surface area is 113 Å². The van der Waals surface area contributed by atoms with Crippen LogP contribution < -0.4 is 0 Å². The lowest BCUT2D eigenvalue weighted by Crippen LogP contribution is -2.46. The van der Waals surface area contributed by atoms with E-state index in [0.717, 1.165) is 6.07 Å². The number of aliphatic imine (C=N–C) groups is 1. The predicted octanol–water partition coefficient (Wildman–Crippen LogP) is 2.58. The second-order valence-electron chi connectivity index (χ2n) is 4.26. The van der Waals surface area contributed by atoms with Crippen LogP contribution in [0.3, 0.4) is 0 Å². The number of carbonyl (C=O) groups is 2. The molecule has 2 rings (SSSR count). The molecular formula is C13H10FN3O3. The Bertz CT molecular complexity index is 651. The molecule has 1 aliphatic heterocycles. The normalized spacial score (nSPS) is 22.1. The maximum atomic E-state index is 13.9. The molecule has 0 aliphatic carbocycles. The average molecular weight is 275 g/mol. The fraction of sp³-hybridized carbons (Fsp3) is 0.231. The summed E-state index contributed by atoms with van der Waals surface area (Å²) >= 11 is 0. The number of carbonyl (C=O) groups excluding carboxylic acids is 1. The molecule has 7 heteroatoms. The van der Waals surface area contributed by atoms with Crippen molar-refractivity contribution in [2.45, 2.75) is 13.0 Å². The van der Waals surface area contributed by atoms with Gasteiger partial charge in [-0.05, 0) is 13.0 Å². The Balaban J connectivity index is 2.64. The SMILES string of the molecule is CC1=NC(=O)N(C(=O)O)C(c2ccccc2F)C1C#N. The molecule has 102 valence electrons. The number of nitriles is 1. The first-order chi connectivity index (χ1) is 9.47. The van der Waals surface area contributed by atoms with Crippen molar-refractivity contribution in [2.75, 3.05) is 0 Å². The van der Waals surface area contributed by atoms with Crippen LogP contribution >= 0.6 is 0 Å². The molecule has 0 saturated heterocycles. The number of hydrogen-bond acceptors (Lipinski definition) is 3. The fourth-order valence-electron chi connectivity index (χ4n) is 2.17. The molecule has 1 heterocycles. The Morgan fingerprint density at radius 3 is 2.70 bits per heavy atom. The number of rotatable bonds is 1. The predicted molar refractivity (Wildman–Crippen MR) is 66.6 cm³/mol. The van der Waals surface area contributed by atoms with Gasteiger partial charge in [-0.15, -0.1) is 0 Å². The number of urea groups is 1. The van der Waals surface area contributed by atoms with Gasteiger partial charge < -0.3 is 5.11 Å². The van der Waals surface area contributed by atoms with Crippen molar-refractivity contribution in [2.24, 2.45) is 10.9 Å². The third-order valence-corrected chi connectivity index (χ3v) is 3.09. The van der Waals surface area contributed by atoms with Crippen LogP contribution in [0.5, 0.6) is 0 Å². The first-order valence-electron chi connectivity index (χ1n) is 5.72. The fourth-order valence-corrected chi connectivity index (χ4v) is 2.17. The van der Waals surface area contributed by atoms with Gasteiger partial charge in [0.25, 0.3) is 0 Å². The topological polar surface area (TPSA) is 93.8 Å². The van der Waals surface area contributed by atoms with Gasteiger partial charge in [0.1, 0.15) is 11.7 Å². The minimum atomic E-state index is -1.57. The standard InChI is InChI=1S/C13H10FN3O3/c1-7-9(6-15)11(8-4-2-3-5-10(8)14)17(13(19)20)12(18)16-7/h2-5,9,11H,1H3,(H,19,20). The smallest absolute Gasteiger partial charge is 0.416 e. The molecule has 1 N–H and O–H groups in total. The second-order valence-corrected chi connectivity index (χ2v) is 4.26. The van der Waals surface area contributed by atoms with Crippen molar-refractivity contribution in [1.29, 1.82) is 5.26 Å². The van der Waals surface area contributed by atoms with E-state index in [1.807, 2.05) is 6.07 Å². The third-order valence-electron chi connectivity index (χ3n) is 3.09. The lowest BCUT2D eigenvalue weighted by molar-refractivity contribution is 0.128. The summed E-state index contributed by atoms with van der Waals surface area (Å²) in [5, 5.41) is 18.3. The van der Waals surface area contributed by atoms with E-state index in [2.05, 4.69) is 4.99 Å². The number of halogens is 1. The number of amides is 3. The molecule has 2 atom stereocenters. The van der Waals surface area contributed by atoms with Gasteiger partial charge in [-0.3, -0.25) is 0 Å². The lowest BCUT2D eigenvalue weighted by atomic mass is 9.88. The summed E-state index contributed by atoms with van der Waals surface area (Å²) in [6.45, 7) is 1.44. The molecule has 0 radical (unpaired) electrons. The van der Waals surface area contributed by atoms with E-state index in [-0.39, 0.29) is 11.3 Å². The average Bonchev–Trinajstić information content (AvgIpc) is 2.38. The molecule has 0 saturated carbocycles. The summed E-state index contributed by atoms with van der Waals surface area (Å²) in [5.74, 6) is -1.69. The maximum Gasteiger partial charge on any atom is 0.416 e. The van der Waals surface area contributed by atoms with Crippen LogP contribution in [0.1, 0.15) is 18.5 Å². The van der Waals surface area contributed by atoms with Gasteiger partial charge in [0, 0.05) is 11.3 Å². The van der Waals surface area contributed by atoms with E-state index in [1.165, 1.54) is 25.1 Å². The summed E-state index contributed by atoms with van der Waals surface area (Å²) < 4.78 is 13.9. The zero-order valence-corrected chi connectivity index (χ0v) is 10.4. The van der Waals surface area contributed by atoms with E-state index >= 15 is 0 Å². The first-order valence-corrected chi connectivity index (χ1v) is 5.72. The highest BCUT2D eigenvalue weighted by molar-refractivity contribution is 6.04. The molecule has 6 nitrogen and oxygen atoms in total. The van der Waals surface area contributed by atoms with Gasteiger partial charge in [-0.1, -0.05) is 18.2 Å². The van der Waals surface area contributed by atoms with Crippen LogP contribution in [0.4, 0.5) is 14.0 Å². The zero-order valence-electron chi connectivity index (χ0n) is 10.4. The molecule has 1 aliphatic rings. The minimum Gasteiger partial charge on any atom is -0.465 e. The number of hydrogen-bond donors (Lipinski definition) is 1. The van der Waals surface area contributed by atoms with Crippen molar-refractivity contribution in [3.8, 4) is 6.07 Å². The van der Waals surface area contributed by atoms with E-state index in [9.17, 15) is 19.2 Å². The van der Waals surface area contributed by atoms with Gasteiger partial charge >= 0.3 is 12.1 Å². The summed E-state index contributed by atoms with van der Waals surface area (Å²) in [7, 11) is 0. The van der Waals surface area contributed by atoms with Crippen LogP contribution in [-0.4, -0.2) is 27.8 Å². The summed E-state index contributed by atoms with van der Waals surface area (Å²) in [5.41, 5.74) is 0.146. The van der Waals surface area contributed by atoms with E-state index in [1.54, 1.807) is 0 Å². The van der Waals surface area contributed by atoms with Gasteiger partial charge in [-0.25, -0.2) is 23.9 Å². The number of nitrogens with zero attached hydrogens (tertiary/aromatic N) is 3. The summed E-state index contributed by atoms with van der Waals surface area (Å²) in [6.07, 6.45) is -1.57. The van der Waals surface area contributed by atoms with Crippen molar-refractivity contribution < 1.29 is 19.1 Å². The summed E-state index contributed by atoms with van der Waals surface area (Å²) in [6, 6.07) is 5.08. The summed E-state index contributed by atoms with van der Waals surface area (Å²) in [4.78, 5) is 26.9. The van der Waals surface area contributed by atoms with Gasteiger partial charge in [0.2, 0.25) is 0 Å². The largest absolute Gasteiger partial charge is 0.465 e. The molecule has 3 amide bonds. The molecule has 20 heavy (non-hydrogen) atoms. The van der Waals surface area contributed by atoms with E-state index < -0.39 is 29.9 Å². The van der Waals surface area contributed by atoms with Crippen LogP contribution in [-0.2, 0) is 0 Å². The van der Waals surface area contributed by atoms with E-state index in [0.29, 0.717) is 4.90 Å². The number of benzene rings is 1. The Hall–Kier alpha value is -2.75. The molecule has 1 aromatic carbocycles. The highest BCUT2D eigenvalue weighted by Crippen LogP contribution is 2.34. The van der Waals surface area contributed by atoms with Gasteiger partial charge in [0.05, 0.1) is 12.1 Å². The number of imide groups is 1. The zero-order chi connectivity index (χ0) is 14.9. The minimum absolute atomic E-state index is 0.0240. The van der Waals surface area contributed by atoms with Gasteiger partial charge in [0.15, 0.2) is 0 Å². The number of carboxylic acid groups (broad SMARTS) is 1. The molecule has 1 aromatic rings. The monoisotopic (exact) mass is 275 g/mol. The quantitative estimate of drug-likeness (QED) is 0.852. The van der Waals surface area contributed by atoms with Crippen LogP contribution in [0.2, 0.25) is 0 Å². The first kappa shape index (κ1) is 13.7. The Kier molecular flexibility index (Phi) is 3.48. The van der Waals surface area contributed by atoms with Crippen molar-refractivity contribution in [1.82, 2.24) is 4.90 Å². The lowest BCUT2D eigenvalue weighted by Gasteiger charge is -2.33. The highest BCUT2D eigenvalue weighted by atomic mass is 19.1. The van der Waals surface area contributed by atoms with Crippen molar-refractivity contribution in [3.05, 3.63) is 35.6 Å². The van der Waals surface area contributed by atoms with Gasteiger partial charge in [-0.2, -0.15) is 5.26 Å². The van der Waals surface area contributed by atoms with Crippen molar-refractivity contribution >= 4 is 17.8 Å². The second kappa shape index (κ2) is 5.09. The van der Waals surface area contributed by atoms with Crippen LogP contribution in [0.15, 0.2) is 29.3 Å². The Morgan fingerprint density at radius 1 is 1.50 bits per heavy atom. The third kappa shape index (κ3) is 2.12. The van der Waals surface area contributed by atoms with Crippen molar-refractivity contribution in [3.63, 3.8) is 0 Å². The maximum absolute atomic E-state index is 13.9. The van der Waals surface area contributed by atoms with Crippen LogP contribution in [0, 0.1) is 23.1 Å². The molecule has 0 bridgehead atoms. The molecule has 0 aromatic heterocycles. The highest BCUT2D eigenvalue weighted by Gasteiger charge is 2.43. The molecular weight excluding hydrogens is 265 g/mol. The molecule has 0 spiro atoms. The van der Waals surface area contributed by atoms with E-state index in [4.69, 9.17) is 5.11 Å². The van der Waals surface area contributed by atoms with Crippen LogP contribution in [0.25, 0.3) is 0 Å². The Morgan fingerprint density at radius 2 is 2.15 bits per heavy atom. The molecule has 2 unspecified atom stereocenters. The molecule has 0 fully saturated rings.